The molecule has 2 aromatic rings. The van der Waals surface area contributed by atoms with E-state index in [1.165, 1.54) is 6.07 Å². The van der Waals surface area contributed by atoms with Gasteiger partial charge in [-0.3, -0.25) is 5.32 Å². The number of nitrogens with one attached hydrogen (secondary N) is 2. The quantitative estimate of drug-likeness (QED) is 0.210. The summed E-state index contributed by atoms with van der Waals surface area (Å²) in [5.41, 5.74) is 12.0. The SMILES string of the molecule is N#CNC1=NC(c2ccc(O)c(O)c2O)c2c(nc(N)c(C#N)c2N)N1. The van der Waals surface area contributed by atoms with E-state index in [0.29, 0.717) is 0 Å². The molecule has 1 aromatic heterocycles. The Bertz CT molecular complexity index is 1030. The summed E-state index contributed by atoms with van der Waals surface area (Å²) in [4.78, 5) is 8.29. The molecule has 11 heteroatoms. The highest BCUT2D eigenvalue weighted by Gasteiger charge is 2.32. The summed E-state index contributed by atoms with van der Waals surface area (Å²) in [6, 6.07) is 3.29. The fraction of sp³-hybridized carbons (Fsp3) is 0.0667. The predicted octanol–water partition coefficient (Wildman–Crippen LogP) is 0.176. The van der Waals surface area contributed by atoms with Crippen LogP contribution in [0.2, 0.25) is 0 Å². The molecule has 9 N–H and O–H groups in total. The second kappa shape index (κ2) is 5.92. The molecule has 0 fully saturated rings. The van der Waals surface area contributed by atoms with Crippen LogP contribution in [0.1, 0.15) is 22.7 Å². The lowest BCUT2D eigenvalue weighted by molar-refractivity contribution is 0.364. The number of anilines is 3. The molecule has 2 heterocycles. The smallest absolute Gasteiger partial charge is 0.211 e. The maximum Gasteiger partial charge on any atom is 0.211 e. The van der Waals surface area contributed by atoms with Crippen molar-refractivity contribution in [3.8, 4) is 29.5 Å². The van der Waals surface area contributed by atoms with Crippen LogP contribution in [0.15, 0.2) is 17.1 Å². The summed E-state index contributed by atoms with van der Waals surface area (Å²) in [6.07, 6.45) is 1.69. The van der Waals surface area contributed by atoms with Crippen molar-refractivity contribution >= 4 is 23.3 Å². The number of benzene rings is 1. The summed E-state index contributed by atoms with van der Waals surface area (Å²) in [5, 5.41) is 52.6. The van der Waals surface area contributed by atoms with E-state index in [1.807, 2.05) is 6.07 Å². The Morgan fingerprint density at radius 3 is 2.54 bits per heavy atom. The van der Waals surface area contributed by atoms with Gasteiger partial charge in [0.2, 0.25) is 11.7 Å². The molecule has 1 aliphatic rings. The number of fused-ring (bicyclic) bond motifs is 1. The van der Waals surface area contributed by atoms with E-state index in [0.717, 1.165) is 6.07 Å². The lowest BCUT2D eigenvalue weighted by atomic mass is 9.94. The molecule has 0 radical (unpaired) electrons. The van der Waals surface area contributed by atoms with Gasteiger partial charge in [0, 0.05) is 11.1 Å². The van der Waals surface area contributed by atoms with Gasteiger partial charge in [0.1, 0.15) is 29.3 Å². The van der Waals surface area contributed by atoms with Gasteiger partial charge in [-0.25, -0.2) is 9.98 Å². The molecule has 26 heavy (non-hydrogen) atoms. The summed E-state index contributed by atoms with van der Waals surface area (Å²) in [5.74, 6) is -1.89. The van der Waals surface area contributed by atoms with Gasteiger partial charge in [0.05, 0.1) is 5.69 Å². The van der Waals surface area contributed by atoms with Crippen LogP contribution in [0.4, 0.5) is 17.3 Å². The highest BCUT2D eigenvalue weighted by Crippen LogP contribution is 2.47. The van der Waals surface area contributed by atoms with Gasteiger partial charge in [-0.05, 0) is 12.1 Å². The van der Waals surface area contributed by atoms with E-state index in [4.69, 9.17) is 16.7 Å². The van der Waals surface area contributed by atoms with Gasteiger partial charge in [-0.15, -0.1) is 0 Å². The minimum Gasteiger partial charge on any atom is -0.504 e. The normalized spacial score (nSPS) is 15.0. The first-order chi connectivity index (χ1) is 12.4. The topological polar surface area (TPSA) is 210 Å². The number of nitriles is 2. The van der Waals surface area contributed by atoms with Gasteiger partial charge in [-0.1, -0.05) is 0 Å². The molecule has 0 amide bonds. The van der Waals surface area contributed by atoms with Crippen LogP contribution in [0, 0.1) is 22.8 Å². The third-order valence-corrected chi connectivity index (χ3v) is 3.81. The molecule has 0 saturated carbocycles. The highest BCUT2D eigenvalue weighted by molar-refractivity contribution is 5.98. The number of pyridine rings is 1. The molecule has 1 unspecified atom stereocenters. The third-order valence-electron chi connectivity index (χ3n) is 3.81. The fourth-order valence-electron chi connectivity index (χ4n) is 2.61. The minimum absolute atomic E-state index is 0.00651. The maximum atomic E-state index is 10.2. The Labute approximate surface area is 146 Å². The summed E-state index contributed by atoms with van der Waals surface area (Å²) < 4.78 is 0. The molecule has 0 aliphatic carbocycles. The van der Waals surface area contributed by atoms with Crippen LogP contribution in [-0.4, -0.2) is 26.3 Å². The number of guanidine groups is 1. The first kappa shape index (κ1) is 16.5. The van der Waals surface area contributed by atoms with E-state index < -0.39 is 23.3 Å². The molecule has 3 rings (SSSR count). The van der Waals surface area contributed by atoms with Crippen molar-refractivity contribution in [2.45, 2.75) is 6.04 Å². The van der Waals surface area contributed by atoms with Crippen molar-refractivity contribution in [1.82, 2.24) is 10.3 Å². The van der Waals surface area contributed by atoms with Crippen molar-refractivity contribution in [2.75, 3.05) is 16.8 Å². The highest BCUT2D eigenvalue weighted by atomic mass is 16.3. The number of phenolic OH excluding ortho intramolecular Hbond substituents is 3. The molecule has 0 bridgehead atoms. The standard InChI is InChI=1S/C15H12N8O3/c16-3-6-9(18)8-10(5-1-2-7(24)12(26)11(5)25)21-15(20-4-17)23-14(8)22-13(6)19/h1-2,10,24-26H,(H6,18,19,20,21,22,23). The predicted molar refractivity (Wildman–Crippen MR) is 90.9 cm³/mol. The minimum atomic E-state index is -1.03. The summed E-state index contributed by atoms with van der Waals surface area (Å²) in [6.45, 7) is 0. The fourth-order valence-corrected chi connectivity index (χ4v) is 2.61. The van der Waals surface area contributed by atoms with Crippen molar-refractivity contribution in [3.05, 3.63) is 28.8 Å². The first-order valence-corrected chi connectivity index (χ1v) is 7.11. The Morgan fingerprint density at radius 1 is 1.15 bits per heavy atom. The van der Waals surface area contributed by atoms with E-state index in [-0.39, 0.29) is 40.0 Å². The second-order valence-corrected chi connectivity index (χ2v) is 5.27. The van der Waals surface area contributed by atoms with Gasteiger partial charge in [-0.2, -0.15) is 10.5 Å². The maximum absolute atomic E-state index is 10.2. The van der Waals surface area contributed by atoms with Gasteiger partial charge in [0.15, 0.2) is 17.7 Å². The lowest BCUT2D eigenvalue weighted by Gasteiger charge is -2.26. The summed E-state index contributed by atoms with van der Waals surface area (Å²) >= 11 is 0. The molecular formula is C15H12N8O3. The Balaban J connectivity index is 2.31. The van der Waals surface area contributed by atoms with Gasteiger partial charge < -0.3 is 32.1 Å². The molecule has 1 aliphatic heterocycles. The Kier molecular flexibility index (Phi) is 3.75. The van der Waals surface area contributed by atoms with Crippen LogP contribution in [-0.2, 0) is 0 Å². The molecule has 0 spiro atoms. The van der Waals surface area contributed by atoms with Crippen LogP contribution < -0.4 is 22.1 Å². The third kappa shape index (κ3) is 2.37. The van der Waals surface area contributed by atoms with E-state index >= 15 is 0 Å². The average molecular weight is 352 g/mol. The number of nitrogens with two attached hydrogens (primary N) is 2. The zero-order valence-corrected chi connectivity index (χ0v) is 13.0. The monoisotopic (exact) mass is 352 g/mol. The number of rotatable bonds is 1. The summed E-state index contributed by atoms with van der Waals surface area (Å²) in [7, 11) is 0. The zero-order valence-electron chi connectivity index (χ0n) is 13.0. The van der Waals surface area contributed by atoms with E-state index in [9.17, 15) is 20.6 Å². The number of aliphatic imine (C=N–C) groups is 1. The number of aromatic hydroxyl groups is 3. The second-order valence-electron chi connectivity index (χ2n) is 5.27. The van der Waals surface area contributed by atoms with Gasteiger partial charge in [0.25, 0.3) is 0 Å². The van der Waals surface area contributed by atoms with E-state index in [1.54, 1.807) is 6.19 Å². The first-order valence-electron chi connectivity index (χ1n) is 7.11. The number of nitrogens with zero attached hydrogens (tertiary/aromatic N) is 4. The number of aromatic nitrogens is 1. The molecule has 1 atom stereocenters. The zero-order chi connectivity index (χ0) is 19.0. The van der Waals surface area contributed by atoms with Crippen LogP contribution in [0.25, 0.3) is 0 Å². The largest absolute Gasteiger partial charge is 0.504 e. The molecule has 130 valence electrons. The average Bonchev–Trinajstić information content (AvgIpc) is 2.59. The van der Waals surface area contributed by atoms with Crippen LogP contribution in [0.5, 0.6) is 17.2 Å². The number of phenols is 3. The molecule has 11 nitrogen and oxygen atoms in total. The van der Waals surface area contributed by atoms with Crippen LogP contribution >= 0.6 is 0 Å². The Hall–Kier alpha value is -4.38. The molecule has 1 aromatic carbocycles. The van der Waals surface area contributed by atoms with E-state index in [2.05, 4.69) is 20.6 Å². The van der Waals surface area contributed by atoms with Crippen molar-refractivity contribution in [3.63, 3.8) is 0 Å². The molecular weight excluding hydrogens is 340 g/mol. The lowest BCUT2D eigenvalue weighted by Crippen LogP contribution is -2.32. The van der Waals surface area contributed by atoms with Gasteiger partial charge >= 0.3 is 0 Å². The van der Waals surface area contributed by atoms with Crippen molar-refractivity contribution < 1.29 is 15.3 Å². The van der Waals surface area contributed by atoms with Crippen molar-refractivity contribution in [2.24, 2.45) is 4.99 Å². The number of hydrogen-bond donors (Lipinski definition) is 7. The van der Waals surface area contributed by atoms with Crippen molar-refractivity contribution in [1.29, 1.82) is 10.5 Å². The molecule has 0 saturated heterocycles. The number of nitrogen functional groups attached to an aromatic ring is 2. The Morgan fingerprint density at radius 2 is 1.88 bits per heavy atom. The van der Waals surface area contributed by atoms with Crippen LogP contribution in [0.3, 0.4) is 0 Å². The number of hydrogen-bond acceptors (Lipinski definition) is 11.